The van der Waals surface area contributed by atoms with Gasteiger partial charge in [-0.1, -0.05) is 16.8 Å². The van der Waals surface area contributed by atoms with E-state index >= 15 is 0 Å². The van der Waals surface area contributed by atoms with Crippen LogP contribution in [-0.2, 0) is 6.54 Å². The van der Waals surface area contributed by atoms with Crippen LogP contribution < -0.4 is 0 Å². The Morgan fingerprint density at radius 1 is 1.56 bits per heavy atom. The van der Waals surface area contributed by atoms with Crippen LogP contribution in [0.3, 0.4) is 0 Å². The first-order valence-electron chi connectivity index (χ1n) is 5.17. The second kappa shape index (κ2) is 4.18. The Labute approximate surface area is 112 Å². The summed E-state index contributed by atoms with van der Waals surface area (Å²) < 4.78 is 7.39. The van der Waals surface area contributed by atoms with Gasteiger partial charge in [-0.15, -0.1) is 0 Å². The molecule has 3 rings (SSSR count). The average Bonchev–Trinajstić information content (AvgIpc) is 2.84. The fraction of sp³-hybridized carbons (Fsp3) is 0.200. The molecule has 0 aliphatic rings. The maximum Gasteiger partial charge on any atom is 0.246 e. The van der Waals surface area contributed by atoms with Gasteiger partial charge in [0.1, 0.15) is 6.54 Å². The van der Waals surface area contributed by atoms with Crippen molar-refractivity contribution in [1.29, 1.82) is 0 Å². The van der Waals surface area contributed by atoms with Crippen LogP contribution in [0, 0.1) is 11.7 Å². The number of imidazole rings is 1. The van der Waals surface area contributed by atoms with E-state index in [-0.39, 0.29) is 0 Å². The van der Waals surface area contributed by atoms with E-state index in [4.69, 9.17) is 28.3 Å². The number of pyridine rings is 1. The molecule has 0 atom stereocenters. The van der Waals surface area contributed by atoms with Gasteiger partial charge in [-0.3, -0.25) is 4.57 Å². The Balaban J connectivity index is 2.11. The number of halogens is 1. The van der Waals surface area contributed by atoms with Gasteiger partial charge in [-0.25, -0.2) is 4.98 Å². The molecule has 1 N–H and O–H groups in total. The summed E-state index contributed by atoms with van der Waals surface area (Å²) in [5.41, 5.74) is 1.49. The van der Waals surface area contributed by atoms with Crippen LogP contribution in [0.2, 0.25) is 5.02 Å². The zero-order valence-electron chi connectivity index (χ0n) is 9.35. The molecule has 0 bridgehead atoms. The minimum absolute atomic E-state index is 0.383. The molecule has 3 aromatic heterocycles. The van der Waals surface area contributed by atoms with E-state index in [1.807, 2.05) is 0 Å². The highest BCUT2D eigenvalue weighted by Crippen LogP contribution is 2.17. The van der Waals surface area contributed by atoms with E-state index in [0.29, 0.717) is 33.7 Å². The highest BCUT2D eigenvalue weighted by molar-refractivity contribution is 7.71. The predicted octanol–water partition coefficient (Wildman–Crippen LogP) is 2.49. The summed E-state index contributed by atoms with van der Waals surface area (Å²) in [6.07, 6.45) is 1.57. The van der Waals surface area contributed by atoms with Crippen molar-refractivity contribution >= 4 is 35.0 Å². The maximum absolute atomic E-state index is 5.88. The van der Waals surface area contributed by atoms with Crippen LogP contribution in [0.15, 0.2) is 16.8 Å². The first kappa shape index (κ1) is 11.4. The van der Waals surface area contributed by atoms with Crippen LogP contribution in [0.4, 0.5) is 0 Å². The number of aromatic nitrogens is 5. The van der Waals surface area contributed by atoms with Crippen molar-refractivity contribution in [1.82, 2.24) is 24.7 Å². The zero-order valence-corrected chi connectivity index (χ0v) is 10.9. The number of nitrogens with zero attached hydrogens (tertiary/aromatic N) is 4. The summed E-state index contributed by atoms with van der Waals surface area (Å²) in [6, 6.07) is 1.77. The van der Waals surface area contributed by atoms with Gasteiger partial charge in [0.2, 0.25) is 5.89 Å². The minimum atomic E-state index is 0.383. The number of H-pyrrole nitrogens is 1. The standard InChI is InChI=1S/C10H8ClN5OS/c1-5-13-8(17-15-5)4-16-9-7(14-10(16)18)2-6(11)3-12-9/h2-3H,4H2,1H3,(H,14,18). The second-order valence-electron chi connectivity index (χ2n) is 3.78. The molecule has 3 aromatic rings. The van der Waals surface area contributed by atoms with Gasteiger partial charge in [0.25, 0.3) is 0 Å². The summed E-state index contributed by atoms with van der Waals surface area (Å²) in [7, 11) is 0. The smallest absolute Gasteiger partial charge is 0.246 e. The molecule has 0 fully saturated rings. The Kier molecular flexibility index (Phi) is 2.64. The molecule has 18 heavy (non-hydrogen) atoms. The van der Waals surface area contributed by atoms with Crippen molar-refractivity contribution in [3.8, 4) is 0 Å². The molecule has 0 radical (unpaired) electrons. The zero-order chi connectivity index (χ0) is 12.7. The van der Waals surface area contributed by atoms with Crippen molar-refractivity contribution in [2.24, 2.45) is 0 Å². The molecule has 3 heterocycles. The van der Waals surface area contributed by atoms with Crippen molar-refractivity contribution in [2.75, 3.05) is 0 Å². The minimum Gasteiger partial charge on any atom is -0.337 e. The summed E-state index contributed by atoms with van der Waals surface area (Å²) in [6.45, 7) is 2.15. The van der Waals surface area contributed by atoms with Gasteiger partial charge in [0.15, 0.2) is 16.2 Å². The Hall–Kier alpha value is -1.73. The highest BCUT2D eigenvalue weighted by Gasteiger charge is 2.10. The third-order valence-corrected chi connectivity index (χ3v) is 2.97. The molecule has 0 spiro atoms. The first-order valence-corrected chi connectivity index (χ1v) is 5.95. The fourth-order valence-electron chi connectivity index (χ4n) is 1.70. The molecule has 0 saturated heterocycles. The van der Waals surface area contributed by atoms with Gasteiger partial charge in [-0.2, -0.15) is 4.98 Å². The number of fused-ring (bicyclic) bond motifs is 1. The maximum atomic E-state index is 5.88. The molecule has 92 valence electrons. The normalized spacial score (nSPS) is 11.2. The van der Waals surface area contributed by atoms with E-state index in [2.05, 4.69) is 20.1 Å². The lowest BCUT2D eigenvalue weighted by atomic mass is 10.4. The molecule has 8 heteroatoms. The summed E-state index contributed by atoms with van der Waals surface area (Å²) in [5, 5.41) is 4.29. The molecule has 0 unspecified atom stereocenters. The van der Waals surface area contributed by atoms with Gasteiger partial charge in [0.05, 0.1) is 10.5 Å². The molecule has 0 saturated carbocycles. The van der Waals surface area contributed by atoms with Gasteiger partial charge >= 0.3 is 0 Å². The Morgan fingerprint density at radius 3 is 3.11 bits per heavy atom. The lowest BCUT2D eigenvalue weighted by Crippen LogP contribution is -2.01. The third kappa shape index (κ3) is 1.91. The Bertz CT molecular complexity index is 774. The number of aromatic amines is 1. The summed E-state index contributed by atoms with van der Waals surface area (Å²) >= 11 is 11.1. The Morgan fingerprint density at radius 2 is 2.39 bits per heavy atom. The fourth-order valence-corrected chi connectivity index (χ4v) is 2.12. The molecule has 0 amide bonds. The number of hydrogen-bond donors (Lipinski definition) is 1. The average molecular weight is 282 g/mol. The van der Waals surface area contributed by atoms with E-state index in [1.165, 1.54) is 0 Å². The number of nitrogens with one attached hydrogen (secondary N) is 1. The lowest BCUT2D eigenvalue weighted by molar-refractivity contribution is 0.368. The van der Waals surface area contributed by atoms with Crippen LogP contribution in [0.5, 0.6) is 0 Å². The van der Waals surface area contributed by atoms with Crippen molar-refractivity contribution in [3.63, 3.8) is 0 Å². The monoisotopic (exact) mass is 281 g/mol. The quantitative estimate of drug-likeness (QED) is 0.731. The topological polar surface area (TPSA) is 72.5 Å². The van der Waals surface area contributed by atoms with Crippen molar-refractivity contribution in [2.45, 2.75) is 13.5 Å². The number of aryl methyl sites for hydroxylation is 1. The lowest BCUT2D eigenvalue weighted by Gasteiger charge is -1.98. The van der Waals surface area contributed by atoms with E-state index < -0.39 is 0 Å². The molecule has 0 aliphatic heterocycles. The number of rotatable bonds is 2. The van der Waals surface area contributed by atoms with Crippen LogP contribution >= 0.6 is 23.8 Å². The van der Waals surface area contributed by atoms with Gasteiger partial charge < -0.3 is 9.51 Å². The van der Waals surface area contributed by atoms with Crippen LogP contribution in [0.25, 0.3) is 11.2 Å². The molecule has 0 aromatic carbocycles. The van der Waals surface area contributed by atoms with Gasteiger partial charge in [-0.05, 0) is 25.2 Å². The van der Waals surface area contributed by atoms with Crippen molar-refractivity contribution in [3.05, 3.63) is 33.8 Å². The molecular weight excluding hydrogens is 274 g/mol. The SMILES string of the molecule is Cc1noc(Cn2c(=S)[nH]c3cc(Cl)cnc32)n1. The van der Waals surface area contributed by atoms with Crippen LogP contribution in [0.1, 0.15) is 11.7 Å². The highest BCUT2D eigenvalue weighted by atomic mass is 35.5. The van der Waals surface area contributed by atoms with E-state index in [1.54, 1.807) is 23.8 Å². The summed E-state index contributed by atoms with van der Waals surface area (Å²) in [5.74, 6) is 1.08. The summed E-state index contributed by atoms with van der Waals surface area (Å²) in [4.78, 5) is 11.4. The molecular formula is C10H8ClN5OS. The third-order valence-electron chi connectivity index (χ3n) is 2.44. The number of hydrogen-bond acceptors (Lipinski definition) is 5. The van der Waals surface area contributed by atoms with Crippen molar-refractivity contribution < 1.29 is 4.52 Å². The largest absolute Gasteiger partial charge is 0.337 e. The van der Waals surface area contributed by atoms with Gasteiger partial charge in [0, 0.05) is 6.20 Å². The van der Waals surface area contributed by atoms with Crippen LogP contribution in [-0.4, -0.2) is 24.7 Å². The second-order valence-corrected chi connectivity index (χ2v) is 4.60. The van der Waals surface area contributed by atoms with E-state index in [9.17, 15) is 0 Å². The first-order chi connectivity index (χ1) is 8.63. The predicted molar refractivity (Wildman–Crippen MR) is 68.1 cm³/mol. The molecule has 0 aliphatic carbocycles. The molecule has 6 nitrogen and oxygen atoms in total. The van der Waals surface area contributed by atoms with E-state index in [0.717, 1.165) is 5.52 Å².